The second-order valence-electron chi connectivity index (χ2n) is 4.60. The molecule has 0 aliphatic carbocycles. The number of hydrogen-bond donors (Lipinski definition) is 2. The number of hydrazine groups is 1. The van der Waals surface area contributed by atoms with Crippen molar-refractivity contribution >= 4 is 57.4 Å². The molecular formula is C15H10Cl2N4O2S. The SMILES string of the molecule is O=C(/C=C/c1c(Cl)nc2sccn12)NNC(=O)c1ccccc1Cl. The Balaban J connectivity index is 1.64. The van der Waals surface area contributed by atoms with Crippen molar-refractivity contribution in [2.24, 2.45) is 0 Å². The van der Waals surface area contributed by atoms with Gasteiger partial charge in [0.25, 0.3) is 11.8 Å². The number of fused-ring (bicyclic) bond motifs is 1. The summed E-state index contributed by atoms with van der Waals surface area (Å²) < 4.78 is 1.76. The fourth-order valence-corrected chi connectivity index (χ4v) is 3.18. The van der Waals surface area contributed by atoms with Crippen LogP contribution in [0.2, 0.25) is 10.2 Å². The number of hydrogen-bond acceptors (Lipinski definition) is 4. The highest BCUT2D eigenvalue weighted by molar-refractivity contribution is 7.15. The molecule has 0 saturated heterocycles. The van der Waals surface area contributed by atoms with E-state index in [1.54, 1.807) is 34.9 Å². The zero-order chi connectivity index (χ0) is 17.1. The minimum absolute atomic E-state index is 0.266. The molecule has 0 saturated carbocycles. The largest absolute Gasteiger partial charge is 0.289 e. The minimum atomic E-state index is -0.517. The molecule has 2 N–H and O–H groups in total. The summed E-state index contributed by atoms with van der Waals surface area (Å²) in [5, 5.41) is 2.46. The van der Waals surface area contributed by atoms with Crippen LogP contribution in [0.5, 0.6) is 0 Å². The van der Waals surface area contributed by atoms with Crippen LogP contribution < -0.4 is 10.9 Å². The Morgan fingerprint density at radius 1 is 1.21 bits per heavy atom. The van der Waals surface area contributed by atoms with Gasteiger partial charge in [-0.15, -0.1) is 11.3 Å². The van der Waals surface area contributed by atoms with Crippen molar-refractivity contribution in [2.75, 3.05) is 0 Å². The summed E-state index contributed by atoms with van der Waals surface area (Å²) in [4.78, 5) is 28.6. The van der Waals surface area contributed by atoms with Gasteiger partial charge >= 0.3 is 0 Å². The van der Waals surface area contributed by atoms with Crippen LogP contribution in [0, 0.1) is 0 Å². The first-order chi connectivity index (χ1) is 11.6. The minimum Gasteiger partial charge on any atom is -0.289 e. The van der Waals surface area contributed by atoms with Crippen LogP contribution in [0.4, 0.5) is 0 Å². The molecule has 2 heterocycles. The van der Waals surface area contributed by atoms with Crippen molar-refractivity contribution < 1.29 is 9.59 Å². The van der Waals surface area contributed by atoms with Gasteiger partial charge in [-0.05, 0) is 18.2 Å². The number of amides is 2. The van der Waals surface area contributed by atoms with E-state index in [1.165, 1.54) is 23.5 Å². The third-order valence-corrected chi connectivity index (χ3v) is 4.43. The van der Waals surface area contributed by atoms with Gasteiger partial charge in [-0.25, -0.2) is 4.98 Å². The highest BCUT2D eigenvalue weighted by Crippen LogP contribution is 2.22. The second-order valence-corrected chi connectivity index (χ2v) is 6.24. The molecule has 2 aromatic heterocycles. The predicted octanol–water partition coefficient (Wildman–Crippen LogP) is 3.18. The van der Waals surface area contributed by atoms with Gasteiger partial charge in [0.2, 0.25) is 0 Å². The van der Waals surface area contributed by atoms with Gasteiger partial charge in [0, 0.05) is 17.7 Å². The molecule has 0 unspecified atom stereocenters. The van der Waals surface area contributed by atoms with Crippen LogP contribution >= 0.6 is 34.5 Å². The van der Waals surface area contributed by atoms with E-state index in [2.05, 4.69) is 15.8 Å². The maximum Gasteiger partial charge on any atom is 0.271 e. The summed E-state index contributed by atoms with van der Waals surface area (Å²) in [6.45, 7) is 0. The number of imidazole rings is 1. The Morgan fingerprint density at radius 3 is 2.79 bits per heavy atom. The number of rotatable bonds is 3. The normalized spacial score (nSPS) is 11.1. The van der Waals surface area contributed by atoms with Crippen LogP contribution in [-0.2, 0) is 4.79 Å². The third kappa shape index (κ3) is 3.43. The van der Waals surface area contributed by atoms with E-state index in [4.69, 9.17) is 23.2 Å². The van der Waals surface area contributed by atoms with E-state index < -0.39 is 11.8 Å². The summed E-state index contributed by atoms with van der Waals surface area (Å²) in [6.07, 6.45) is 4.57. The maximum atomic E-state index is 11.9. The van der Waals surface area contributed by atoms with E-state index in [9.17, 15) is 9.59 Å². The van der Waals surface area contributed by atoms with Crippen LogP contribution in [0.15, 0.2) is 41.9 Å². The zero-order valence-corrected chi connectivity index (χ0v) is 14.3. The van der Waals surface area contributed by atoms with Crippen molar-refractivity contribution in [1.82, 2.24) is 20.2 Å². The van der Waals surface area contributed by atoms with Crippen molar-refractivity contribution in [3.8, 4) is 0 Å². The number of carbonyl (C=O) groups excluding carboxylic acids is 2. The van der Waals surface area contributed by atoms with Gasteiger partial charge in [-0.3, -0.25) is 24.8 Å². The van der Waals surface area contributed by atoms with Gasteiger partial charge in [0.05, 0.1) is 16.3 Å². The quantitative estimate of drug-likeness (QED) is 0.541. The molecule has 0 fully saturated rings. The van der Waals surface area contributed by atoms with Crippen molar-refractivity contribution in [3.63, 3.8) is 0 Å². The highest BCUT2D eigenvalue weighted by atomic mass is 35.5. The smallest absolute Gasteiger partial charge is 0.271 e. The summed E-state index contributed by atoms with van der Waals surface area (Å²) in [5.41, 5.74) is 5.42. The van der Waals surface area contributed by atoms with E-state index in [0.29, 0.717) is 15.9 Å². The number of carbonyl (C=O) groups is 2. The molecule has 3 rings (SSSR count). The molecule has 1 aromatic carbocycles. The Kier molecular flexibility index (Phi) is 4.84. The number of thiazole rings is 1. The summed E-state index contributed by atoms with van der Waals surface area (Å²) in [5.74, 6) is -1.03. The topological polar surface area (TPSA) is 75.5 Å². The third-order valence-electron chi connectivity index (χ3n) is 3.06. The number of halogens is 2. The first-order valence-electron chi connectivity index (χ1n) is 6.70. The standard InChI is InChI=1S/C15H10Cl2N4O2S/c16-10-4-2-1-3-9(10)14(23)20-19-12(22)6-5-11-13(17)18-15-21(11)7-8-24-15/h1-8H,(H,19,22)(H,20,23)/b6-5+. The molecule has 9 heteroatoms. The molecule has 0 spiro atoms. The molecular weight excluding hydrogens is 371 g/mol. The first kappa shape index (κ1) is 16.5. The van der Waals surface area contributed by atoms with Crippen LogP contribution in [0.1, 0.15) is 16.1 Å². The van der Waals surface area contributed by atoms with Crippen LogP contribution in [0.3, 0.4) is 0 Å². The number of nitrogens with zero attached hydrogens (tertiary/aromatic N) is 2. The lowest BCUT2D eigenvalue weighted by molar-refractivity contribution is -0.117. The molecule has 2 amide bonds. The van der Waals surface area contributed by atoms with Crippen molar-refractivity contribution in [1.29, 1.82) is 0 Å². The van der Waals surface area contributed by atoms with Crippen LogP contribution in [0.25, 0.3) is 11.0 Å². The second kappa shape index (κ2) is 7.04. The Labute approximate surface area is 150 Å². The number of nitrogens with one attached hydrogen (secondary N) is 2. The van der Waals surface area contributed by atoms with Gasteiger partial charge < -0.3 is 0 Å². The summed E-state index contributed by atoms with van der Waals surface area (Å²) in [6, 6.07) is 6.53. The fourth-order valence-electron chi connectivity index (χ4n) is 1.95. The average molecular weight is 381 g/mol. The molecule has 0 atom stereocenters. The lowest BCUT2D eigenvalue weighted by Gasteiger charge is -2.06. The first-order valence-corrected chi connectivity index (χ1v) is 8.34. The molecule has 6 nitrogen and oxygen atoms in total. The summed E-state index contributed by atoms with van der Waals surface area (Å²) >= 11 is 13.4. The van der Waals surface area contributed by atoms with E-state index in [1.807, 2.05) is 5.38 Å². The van der Waals surface area contributed by atoms with E-state index in [0.717, 1.165) is 4.96 Å². The predicted molar refractivity (Wildman–Crippen MR) is 94.2 cm³/mol. The highest BCUT2D eigenvalue weighted by Gasteiger charge is 2.11. The molecule has 0 radical (unpaired) electrons. The molecule has 122 valence electrons. The zero-order valence-electron chi connectivity index (χ0n) is 12.0. The van der Waals surface area contributed by atoms with Gasteiger partial charge in [0.15, 0.2) is 10.1 Å². The monoisotopic (exact) mass is 380 g/mol. The molecule has 0 bridgehead atoms. The molecule has 0 aliphatic rings. The Bertz CT molecular complexity index is 948. The maximum absolute atomic E-state index is 11.9. The Morgan fingerprint density at radius 2 is 2.00 bits per heavy atom. The van der Waals surface area contributed by atoms with E-state index in [-0.39, 0.29) is 5.56 Å². The summed E-state index contributed by atoms with van der Waals surface area (Å²) in [7, 11) is 0. The van der Waals surface area contributed by atoms with Crippen molar-refractivity contribution in [3.05, 3.63) is 63.4 Å². The average Bonchev–Trinajstić information content (AvgIpc) is 3.12. The number of aromatic nitrogens is 2. The van der Waals surface area contributed by atoms with Gasteiger partial charge in [-0.1, -0.05) is 35.3 Å². The Hall–Kier alpha value is -2.35. The lowest BCUT2D eigenvalue weighted by Crippen LogP contribution is -2.40. The lowest BCUT2D eigenvalue weighted by atomic mass is 10.2. The van der Waals surface area contributed by atoms with Gasteiger partial charge in [0.1, 0.15) is 0 Å². The fraction of sp³-hybridized carbons (Fsp3) is 0. The molecule has 3 aromatic rings. The van der Waals surface area contributed by atoms with Crippen molar-refractivity contribution in [2.45, 2.75) is 0 Å². The van der Waals surface area contributed by atoms with Gasteiger partial charge in [-0.2, -0.15) is 0 Å². The molecule has 0 aliphatic heterocycles. The van der Waals surface area contributed by atoms with E-state index >= 15 is 0 Å². The van der Waals surface area contributed by atoms with Crippen LogP contribution in [-0.4, -0.2) is 21.2 Å². The number of benzene rings is 1. The molecule has 24 heavy (non-hydrogen) atoms.